The standard InChI is InChI=1S/C42H30N2Si/c1-45(2)38-11-7-6-10-35(38)40-34-22-18-32(26-33(34)21-25-39(40)45)27-12-14-29(15-13-27)37-24-20-31-17-16-30-19-23-36(28-8-4-3-5-9-28)43-41(30)42(31)44-37/h3-26H,1-2H3. The number of hydrogen-bond donors (Lipinski definition) is 0. The summed E-state index contributed by atoms with van der Waals surface area (Å²) in [5, 5.41) is 7.94. The summed E-state index contributed by atoms with van der Waals surface area (Å²) >= 11 is 0. The van der Waals surface area contributed by atoms with Crippen LogP contribution in [-0.4, -0.2) is 18.0 Å². The Hall–Kier alpha value is -5.38. The Morgan fingerprint density at radius 1 is 0.422 bits per heavy atom. The van der Waals surface area contributed by atoms with E-state index in [0.29, 0.717) is 0 Å². The monoisotopic (exact) mass is 590 g/mol. The van der Waals surface area contributed by atoms with Crippen molar-refractivity contribution in [3.63, 3.8) is 0 Å². The van der Waals surface area contributed by atoms with Crippen LogP contribution in [-0.2, 0) is 0 Å². The van der Waals surface area contributed by atoms with Crippen LogP contribution in [0, 0.1) is 0 Å². The zero-order valence-electron chi connectivity index (χ0n) is 25.3. The van der Waals surface area contributed by atoms with Crippen LogP contribution >= 0.6 is 0 Å². The number of benzene rings is 6. The van der Waals surface area contributed by atoms with E-state index < -0.39 is 8.07 Å². The highest BCUT2D eigenvalue weighted by Crippen LogP contribution is 2.36. The Balaban J connectivity index is 1.09. The van der Waals surface area contributed by atoms with Gasteiger partial charge < -0.3 is 0 Å². The molecule has 2 nitrogen and oxygen atoms in total. The average molecular weight is 591 g/mol. The molecule has 0 atom stereocenters. The van der Waals surface area contributed by atoms with Gasteiger partial charge in [-0.1, -0.05) is 140 Å². The van der Waals surface area contributed by atoms with E-state index >= 15 is 0 Å². The lowest BCUT2D eigenvalue weighted by molar-refractivity contribution is 1.36. The third-order valence-electron chi connectivity index (χ3n) is 9.67. The van der Waals surface area contributed by atoms with Crippen LogP contribution in [0.5, 0.6) is 0 Å². The average Bonchev–Trinajstić information content (AvgIpc) is 3.34. The largest absolute Gasteiger partial charge is 0.245 e. The van der Waals surface area contributed by atoms with Gasteiger partial charge in [-0.05, 0) is 61.6 Å². The molecule has 3 heterocycles. The van der Waals surface area contributed by atoms with Crippen molar-refractivity contribution < 1.29 is 0 Å². The summed E-state index contributed by atoms with van der Waals surface area (Å²) in [5.74, 6) is 0. The molecule has 212 valence electrons. The van der Waals surface area contributed by atoms with Crippen LogP contribution in [0.1, 0.15) is 0 Å². The number of fused-ring (bicyclic) bond motifs is 8. The van der Waals surface area contributed by atoms with Gasteiger partial charge in [-0.25, -0.2) is 9.97 Å². The minimum atomic E-state index is -1.68. The Morgan fingerprint density at radius 2 is 0.978 bits per heavy atom. The number of pyridine rings is 2. The number of rotatable bonds is 3. The molecule has 0 aliphatic carbocycles. The van der Waals surface area contributed by atoms with Gasteiger partial charge in [0.15, 0.2) is 0 Å². The fourth-order valence-electron chi connectivity index (χ4n) is 7.24. The van der Waals surface area contributed by atoms with E-state index in [1.807, 2.05) is 6.07 Å². The highest BCUT2D eigenvalue weighted by atomic mass is 28.3. The summed E-state index contributed by atoms with van der Waals surface area (Å²) in [4.78, 5) is 10.2. The Kier molecular flexibility index (Phi) is 5.68. The van der Waals surface area contributed by atoms with Gasteiger partial charge in [-0.2, -0.15) is 0 Å². The molecule has 9 rings (SSSR count). The highest BCUT2D eigenvalue weighted by molar-refractivity contribution is 7.04. The molecule has 1 aliphatic heterocycles. The molecule has 0 amide bonds. The van der Waals surface area contributed by atoms with Crippen LogP contribution in [0.15, 0.2) is 146 Å². The topological polar surface area (TPSA) is 25.8 Å². The third-order valence-corrected chi connectivity index (χ3v) is 13.2. The van der Waals surface area contributed by atoms with E-state index in [0.717, 1.165) is 44.3 Å². The van der Waals surface area contributed by atoms with Gasteiger partial charge in [0.05, 0.1) is 22.4 Å². The summed E-state index contributed by atoms with van der Waals surface area (Å²) < 4.78 is 0. The summed E-state index contributed by atoms with van der Waals surface area (Å²) in [6.07, 6.45) is 0. The molecule has 45 heavy (non-hydrogen) atoms. The molecule has 0 saturated heterocycles. The van der Waals surface area contributed by atoms with Crippen molar-refractivity contribution >= 4 is 51.0 Å². The number of nitrogens with zero attached hydrogens (tertiary/aromatic N) is 2. The SMILES string of the molecule is C[Si]1(C)c2ccccc2-c2c1ccc1cc(-c3ccc(-c4ccc5ccc6ccc(-c7ccccc7)nc6c5n4)cc3)ccc21. The molecule has 0 fully saturated rings. The van der Waals surface area contributed by atoms with Gasteiger partial charge in [-0.15, -0.1) is 0 Å². The quantitative estimate of drug-likeness (QED) is 0.151. The molecule has 0 N–H and O–H groups in total. The van der Waals surface area contributed by atoms with E-state index in [1.165, 1.54) is 33.0 Å². The molecule has 0 saturated carbocycles. The van der Waals surface area contributed by atoms with Crippen molar-refractivity contribution in [3.8, 4) is 44.8 Å². The smallest absolute Gasteiger partial charge is 0.113 e. The van der Waals surface area contributed by atoms with E-state index in [4.69, 9.17) is 9.97 Å². The summed E-state index contributed by atoms with van der Waals surface area (Å²) in [7, 11) is -1.68. The maximum atomic E-state index is 5.16. The lowest BCUT2D eigenvalue weighted by Gasteiger charge is -2.18. The first-order valence-electron chi connectivity index (χ1n) is 15.6. The molecule has 3 heteroatoms. The second kappa shape index (κ2) is 9.81. The summed E-state index contributed by atoms with van der Waals surface area (Å²) in [6.45, 7) is 4.95. The predicted octanol–water partition coefficient (Wildman–Crippen LogP) is 9.74. The van der Waals surface area contributed by atoms with Gasteiger partial charge in [-0.3, -0.25) is 0 Å². The highest BCUT2D eigenvalue weighted by Gasteiger charge is 2.37. The van der Waals surface area contributed by atoms with Crippen molar-refractivity contribution in [2.24, 2.45) is 0 Å². The first-order chi connectivity index (χ1) is 22.0. The van der Waals surface area contributed by atoms with Gasteiger partial charge in [0.2, 0.25) is 0 Å². The molecule has 0 unspecified atom stereocenters. The van der Waals surface area contributed by atoms with Gasteiger partial charge in [0.1, 0.15) is 8.07 Å². The summed E-state index contributed by atoms with van der Waals surface area (Å²) in [6, 6.07) is 52.6. The second-order valence-corrected chi connectivity index (χ2v) is 17.0. The molecular formula is C42H30N2Si. The van der Waals surface area contributed by atoms with Crippen LogP contribution in [0.4, 0.5) is 0 Å². The second-order valence-electron chi connectivity index (χ2n) is 12.6. The maximum absolute atomic E-state index is 5.16. The minimum Gasteiger partial charge on any atom is -0.245 e. The van der Waals surface area contributed by atoms with Gasteiger partial charge in [0, 0.05) is 21.9 Å². The van der Waals surface area contributed by atoms with Crippen molar-refractivity contribution in [3.05, 3.63) is 146 Å². The molecule has 0 radical (unpaired) electrons. The van der Waals surface area contributed by atoms with Gasteiger partial charge in [0.25, 0.3) is 0 Å². The first kappa shape index (κ1) is 26.1. The molecule has 0 bridgehead atoms. The minimum absolute atomic E-state index is 0.932. The maximum Gasteiger partial charge on any atom is 0.113 e. The molecule has 1 aliphatic rings. The number of hydrogen-bond acceptors (Lipinski definition) is 2. The van der Waals surface area contributed by atoms with E-state index in [9.17, 15) is 0 Å². The number of aromatic nitrogens is 2. The zero-order valence-corrected chi connectivity index (χ0v) is 26.3. The Bertz CT molecular complexity index is 2440. The van der Waals surface area contributed by atoms with Crippen molar-refractivity contribution in [1.29, 1.82) is 0 Å². The van der Waals surface area contributed by atoms with Crippen LogP contribution in [0.25, 0.3) is 77.3 Å². The van der Waals surface area contributed by atoms with E-state index in [1.54, 1.807) is 10.4 Å². The molecule has 0 spiro atoms. The van der Waals surface area contributed by atoms with Crippen molar-refractivity contribution in [1.82, 2.24) is 9.97 Å². The zero-order chi connectivity index (χ0) is 30.1. The Labute approximate surface area is 263 Å². The fraction of sp³-hybridized carbons (Fsp3) is 0.0476. The predicted molar refractivity (Wildman–Crippen MR) is 193 cm³/mol. The normalized spacial score (nSPS) is 13.3. The van der Waals surface area contributed by atoms with E-state index in [-0.39, 0.29) is 0 Å². The van der Waals surface area contributed by atoms with Crippen LogP contribution in [0.3, 0.4) is 0 Å². The lowest BCUT2D eigenvalue weighted by Crippen LogP contribution is -2.49. The summed E-state index contributed by atoms with van der Waals surface area (Å²) in [5.41, 5.74) is 11.3. The molecular weight excluding hydrogens is 561 g/mol. The molecule has 2 aromatic heterocycles. The first-order valence-corrected chi connectivity index (χ1v) is 18.6. The fourth-order valence-corrected chi connectivity index (χ4v) is 10.3. The van der Waals surface area contributed by atoms with Crippen molar-refractivity contribution in [2.75, 3.05) is 0 Å². The molecule has 8 aromatic rings. The van der Waals surface area contributed by atoms with Crippen molar-refractivity contribution in [2.45, 2.75) is 13.1 Å². The third kappa shape index (κ3) is 4.08. The lowest BCUT2D eigenvalue weighted by atomic mass is 9.95. The van der Waals surface area contributed by atoms with Crippen LogP contribution < -0.4 is 10.4 Å². The van der Waals surface area contributed by atoms with Gasteiger partial charge >= 0.3 is 0 Å². The van der Waals surface area contributed by atoms with E-state index in [2.05, 4.69) is 153 Å². The van der Waals surface area contributed by atoms with Crippen LogP contribution in [0.2, 0.25) is 13.1 Å². The Morgan fingerprint density at radius 3 is 1.69 bits per heavy atom. The molecule has 6 aromatic carbocycles.